The molecule has 1 heterocycles. The molecule has 1 aliphatic rings. The Hall–Kier alpha value is -3.40. The van der Waals surface area contributed by atoms with E-state index in [-0.39, 0.29) is 5.91 Å². The highest BCUT2D eigenvalue weighted by Crippen LogP contribution is 2.30. The molecule has 28 heavy (non-hydrogen) atoms. The Labute approximate surface area is 165 Å². The van der Waals surface area contributed by atoms with Crippen LogP contribution in [0.25, 0.3) is 0 Å². The highest BCUT2D eigenvalue weighted by atomic mass is 16.2. The molecule has 0 aliphatic carbocycles. The minimum Gasteiger partial charge on any atom is -0.363 e. The van der Waals surface area contributed by atoms with Crippen LogP contribution in [-0.2, 0) is 13.1 Å². The van der Waals surface area contributed by atoms with E-state index in [1.54, 1.807) is 6.21 Å². The molecule has 4 heteroatoms. The molecule has 4 rings (SSSR count). The number of aryl methyl sites for hydroxylation is 2. The molecule has 1 amide bonds. The molecule has 140 valence electrons. The number of rotatable bonds is 4. The second-order valence-corrected chi connectivity index (χ2v) is 7.22. The van der Waals surface area contributed by atoms with Crippen LogP contribution in [0.5, 0.6) is 0 Å². The lowest BCUT2D eigenvalue weighted by Crippen LogP contribution is -2.18. The summed E-state index contributed by atoms with van der Waals surface area (Å²) in [5.41, 5.74) is 10.7. The lowest BCUT2D eigenvalue weighted by molar-refractivity contribution is 0.0955. The summed E-state index contributed by atoms with van der Waals surface area (Å²) in [7, 11) is 0. The van der Waals surface area contributed by atoms with Crippen LogP contribution in [0.15, 0.2) is 71.8 Å². The first-order chi connectivity index (χ1) is 13.6. The highest BCUT2D eigenvalue weighted by Gasteiger charge is 2.20. The summed E-state index contributed by atoms with van der Waals surface area (Å²) in [6, 6.07) is 22.0. The van der Waals surface area contributed by atoms with E-state index >= 15 is 0 Å². The van der Waals surface area contributed by atoms with Gasteiger partial charge in [0.2, 0.25) is 0 Å². The van der Waals surface area contributed by atoms with Gasteiger partial charge in [0.1, 0.15) is 0 Å². The van der Waals surface area contributed by atoms with Crippen molar-refractivity contribution in [2.75, 3.05) is 4.90 Å². The maximum Gasteiger partial charge on any atom is 0.271 e. The third kappa shape index (κ3) is 3.81. The molecule has 0 saturated carbocycles. The first-order valence-electron chi connectivity index (χ1n) is 9.42. The molecule has 0 atom stereocenters. The van der Waals surface area contributed by atoms with E-state index < -0.39 is 0 Å². The predicted molar refractivity (Wildman–Crippen MR) is 114 cm³/mol. The van der Waals surface area contributed by atoms with E-state index in [0.29, 0.717) is 5.56 Å². The number of nitrogens with one attached hydrogen (secondary N) is 1. The minimum atomic E-state index is -0.213. The summed E-state index contributed by atoms with van der Waals surface area (Å²) in [6.45, 7) is 6.13. The van der Waals surface area contributed by atoms with Gasteiger partial charge in [-0.25, -0.2) is 5.43 Å². The zero-order valence-corrected chi connectivity index (χ0v) is 16.1. The normalized spacial score (nSPS) is 13.0. The summed E-state index contributed by atoms with van der Waals surface area (Å²) < 4.78 is 0. The highest BCUT2D eigenvalue weighted by molar-refractivity contribution is 5.95. The van der Waals surface area contributed by atoms with Crippen molar-refractivity contribution in [3.05, 3.63) is 100 Å². The zero-order valence-electron chi connectivity index (χ0n) is 16.1. The predicted octanol–water partition coefficient (Wildman–Crippen LogP) is 4.59. The zero-order chi connectivity index (χ0) is 19.5. The number of carbonyl (C=O) groups is 1. The number of amides is 1. The SMILES string of the molecule is Cc1cc2c(cc1C)CN(c1ccc(C(=O)N/N=C\c3ccccc3)cc1)C2. The summed E-state index contributed by atoms with van der Waals surface area (Å²) in [5, 5.41) is 4.03. The number of anilines is 1. The fourth-order valence-corrected chi connectivity index (χ4v) is 3.47. The Balaban J connectivity index is 1.40. The molecule has 0 radical (unpaired) electrons. The molecular weight excluding hydrogens is 346 g/mol. The summed E-state index contributed by atoms with van der Waals surface area (Å²) in [5.74, 6) is -0.213. The molecule has 1 N–H and O–H groups in total. The van der Waals surface area contributed by atoms with Crippen LogP contribution in [0.1, 0.15) is 38.2 Å². The standard InChI is InChI=1S/C24H23N3O/c1-17-12-21-15-27(16-22(21)13-18(17)2)23-10-8-20(9-11-23)24(28)26-25-14-19-6-4-3-5-7-19/h3-14H,15-16H2,1-2H3,(H,26,28)/b25-14-. The van der Waals surface area contributed by atoms with Gasteiger partial charge in [-0.1, -0.05) is 42.5 Å². The molecule has 0 saturated heterocycles. The number of hydrogen-bond donors (Lipinski definition) is 1. The van der Waals surface area contributed by atoms with Crippen LogP contribution < -0.4 is 10.3 Å². The Morgan fingerprint density at radius 2 is 1.54 bits per heavy atom. The maximum absolute atomic E-state index is 12.3. The van der Waals surface area contributed by atoms with Crippen LogP contribution in [-0.4, -0.2) is 12.1 Å². The van der Waals surface area contributed by atoms with Crippen molar-refractivity contribution in [1.82, 2.24) is 5.43 Å². The molecule has 0 bridgehead atoms. The first-order valence-corrected chi connectivity index (χ1v) is 9.42. The molecule has 0 spiro atoms. The smallest absolute Gasteiger partial charge is 0.271 e. The van der Waals surface area contributed by atoms with E-state index in [0.717, 1.165) is 24.3 Å². The van der Waals surface area contributed by atoms with Crippen molar-refractivity contribution < 1.29 is 4.79 Å². The van der Waals surface area contributed by atoms with Crippen molar-refractivity contribution >= 4 is 17.8 Å². The lowest BCUT2D eigenvalue weighted by atomic mass is 10.0. The quantitative estimate of drug-likeness (QED) is 0.540. The fourth-order valence-electron chi connectivity index (χ4n) is 3.47. The van der Waals surface area contributed by atoms with Crippen molar-refractivity contribution in [2.24, 2.45) is 5.10 Å². The number of nitrogens with zero attached hydrogens (tertiary/aromatic N) is 2. The molecular formula is C24H23N3O. The van der Waals surface area contributed by atoms with Gasteiger partial charge in [0.25, 0.3) is 5.91 Å². The van der Waals surface area contributed by atoms with E-state index in [1.165, 1.54) is 22.3 Å². The van der Waals surface area contributed by atoms with Gasteiger partial charge >= 0.3 is 0 Å². The third-order valence-electron chi connectivity index (χ3n) is 5.21. The van der Waals surface area contributed by atoms with Gasteiger partial charge in [0.05, 0.1) is 6.21 Å². The Morgan fingerprint density at radius 1 is 0.929 bits per heavy atom. The van der Waals surface area contributed by atoms with E-state index in [2.05, 4.69) is 41.4 Å². The van der Waals surface area contributed by atoms with Crippen molar-refractivity contribution in [3.63, 3.8) is 0 Å². The number of hydrogen-bond acceptors (Lipinski definition) is 3. The van der Waals surface area contributed by atoms with Gasteiger partial charge in [-0.3, -0.25) is 4.79 Å². The number of carbonyl (C=O) groups excluding carboxylic acids is 1. The topological polar surface area (TPSA) is 44.7 Å². The van der Waals surface area contributed by atoms with Gasteiger partial charge in [0, 0.05) is 24.3 Å². The van der Waals surface area contributed by atoms with Gasteiger partial charge in [-0.05, 0) is 65.9 Å². The molecule has 0 aromatic heterocycles. The maximum atomic E-state index is 12.3. The first kappa shape index (κ1) is 18.0. The van der Waals surface area contributed by atoms with Gasteiger partial charge < -0.3 is 4.90 Å². The second-order valence-electron chi connectivity index (χ2n) is 7.22. The number of fused-ring (bicyclic) bond motifs is 1. The summed E-state index contributed by atoms with van der Waals surface area (Å²) in [4.78, 5) is 14.6. The number of hydrazone groups is 1. The fraction of sp³-hybridized carbons (Fsp3) is 0.167. The lowest BCUT2D eigenvalue weighted by Gasteiger charge is -2.17. The van der Waals surface area contributed by atoms with Gasteiger partial charge in [-0.15, -0.1) is 0 Å². The van der Waals surface area contributed by atoms with E-state index in [1.807, 2.05) is 54.6 Å². The van der Waals surface area contributed by atoms with Crippen LogP contribution in [0.2, 0.25) is 0 Å². The summed E-state index contributed by atoms with van der Waals surface area (Å²) >= 11 is 0. The van der Waals surface area contributed by atoms with Crippen molar-refractivity contribution in [3.8, 4) is 0 Å². The van der Waals surface area contributed by atoms with Crippen LogP contribution in [0.4, 0.5) is 5.69 Å². The summed E-state index contributed by atoms with van der Waals surface area (Å²) in [6.07, 6.45) is 1.64. The molecule has 4 nitrogen and oxygen atoms in total. The van der Waals surface area contributed by atoms with Crippen molar-refractivity contribution in [1.29, 1.82) is 0 Å². The van der Waals surface area contributed by atoms with Crippen LogP contribution in [0, 0.1) is 13.8 Å². The van der Waals surface area contributed by atoms with E-state index in [4.69, 9.17) is 0 Å². The monoisotopic (exact) mass is 369 g/mol. The minimum absolute atomic E-state index is 0.213. The molecule has 1 aliphatic heterocycles. The van der Waals surface area contributed by atoms with Crippen LogP contribution in [0.3, 0.4) is 0 Å². The van der Waals surface area contributed by atoms with Crippen molar-refractivity contribution in [2.45, 2.75) is 26.9 Å². The second kappa shape index (κ2) is 7.69. The largest absolute Gasteiger partial charge is 0.363 e. The number of benzene rings is 3. The Morgan fingerprint density at radius 3 is 2.14 bits per heavy atom. The molecule has 0 fully saturated rings. The average Bonchev–Trinajstić information content (AvgIpc) is 3.12. The molecule has 3 aromatic rings. The molecule has 3 aromatic carbocycles. The van der Waals surface area contributed by atoms with Gasteiger partial charge in [0.15, 0.2) is 0 Å². The van der Waals surface area contributed by atoms with Gasteiger partial charge in [-0.2, -0.15) is 5.10 Å². The average molecular weight is 369 g/mol. The Kier molecular flexibility index (Phi) is 4.94. The van der Waals surface area contributed by atoms with Crippen LogP contribution >= 0.6 is 0 Å². The van der Waals surface area contributed by atoms with E-state index in [9.17, 15) is 4.79 Å². The third-order valence-corrected chi connectivity index (χ3v) is 5.21. The molecule has 0 unspecified atom stereocenters. The Bertz CT molecular complexity index is 993.